The van der Waals surface area contributed by atoms with Crippen LogP contribution >= 0.6 is 27.7 Å². The third kappa shape index (κ3) is 5.44. The maximum atomic E-state index is 13.1. The average Bonchev–Trinajstić information content (AvgIpc) is 3.13. The van der Waals surface area contributed by atoms with Gasteiger partial charge in [-0.05, 0) is 109 Å². The molecule has 2 fully saturated rings. The quantitative estimate of drug-likeness (QED) is 0.374. The van der Waals surface area contributed by atoms with Crippen LogP contribution in [0.2, 0.25) is 0 Å². The Morgan fingerprint density at radius 2 is 1.85 bits per heavy atom. The molecule has 6 nitrogen and oxygen atoms in total. The van der Waals surface area contributed by atoms with Crippen LogP contribution in [0.5, 0.6) is 11.5 Å². The number of piperidine rings is 1. The van der Waals surface area contributed by atoms with Gasteiger partial charge in [-0.15, -0.1) is 0 Å². The van der Waals surface area contributed by atoms with Gasteiger partial charge in [-0.3, -0.25) is 9.69 Å². The summed E-state index contributed by atoms with van der Waals surface area (Å²) in [6, 6.07) is 12.1. The molecule has 0 aliphatic carbocycles. The average molecular weight is 545 g/mol. The summed E-state index contributed by atoms with van der Waals surface area (Å²) in [5.41, 5.74) is 2.94. The first-order valence-corrected chi connectivity index (χ1v) is 13.3. The highest BCUT2D eigenvalue weighted by Gasteiger charge is 2.32. The van der Waals surface area contributed by atoms with Gasteiger partial charge in [0.05, 0.1) is 28.8 Å². The number of hydrogen-bond acceptors (Lipinski definition) is 6. The Morgan fingerprint density at radius 3 is 2.50 bits per heavy atom. The van der Waals surface area contributed by atoms with Crippen LogP contribution in [0.4, 0.5) is 11.4 Å². The standard InChI is InChI=1S/C26H30BrN3O3S/c1-4-30-25(31)23(17-18-15-21(27)24(32-3)22(16-18)33-5-2)34-26(30)28-19-9-11-20(12-10-19)29-13-7-6-8-14-29/h9-12,15-17H,4-8,13-14H2,1-3H3/b23-17-,28-26?. The van der Waals surface area contributed by atoms with Gasteiger partial charge in [0.1, 0.15) is 0 Å². The van der Waals surface area contributed by atoms with Crippen molar-refractivity contribution in [3.05, 3.63) is 51.3 Å². The lowest BCUT2D eigenvalue weighted by atomic mass is 10.1. The number of nitrogens with zero attached hydrogens (tertiary/aromatic N) is 3. The van der Waals surface area contributed by atoms with Crippen molar-refractivity contribution in [2.45, 2.75) is 33.1 Å². The van der Waals surface area contributed by atoms with E-state index in [1.54, 1.807) is 12.0 Å². The van der Waals surface area contributed by atoms with E-state index in [0.717, 1.165) is 28.8 Å². The predicted octanol–water partition coefficient (Wildman–Crippen LogP) is 6.47. The molecule has 2 saturated heterocycles. The Bertz CT molecular complexity index is 1100. The van der Waals surface area contributed by atoms with Crippen molar-refractivity contribution >= 4 is 56.2 Å². The van der Waals surface area contributed by atoms with E-state index >= 15 is 0 Å². The molecular weight excluding hydrogens is 514 g/mol. The van der Waals surface area contributed by atoms with E-state index in [2.05, 4.69) is 33.0 Å². The van der Waals surface area contributed by atoms with E-state index in [1.807, 2.05) is 44.2 Å². The molecule has 0 radical (unpaired) electrons. The third-order valence-electron chi connectivity index (χ3n) is 5.83. The summed E-state index contributed by atoms with van der Waals surface area (Å²) in [4.78, 5) is 22.7. The Balaban J connectivity index is 1.58. The van der Waals surface area contributed by atoms with E-state index in [9.17, 15) is 4.79 Å². The van der Waals surface area contributed by atoms with Gasteiger partial charge in [0.15, 0.2) is 16.7 Å². The fraction of sp³-hybridized carbons (Fsp3) is 0.385. The molecule has 2 aliphatic rings. The number of carbonyl (C=O) groups excluding carboxylic acids is 1. The highest BCUT2D eigenvalue weighted by atomic mass is 79.9. The molecule has 0 unspecified atom stereocenters. The second kappa shape index (κ2) is 11.3. The van der Waals surface area contributed by atoms with Crippen LogP contribution in [-0.2, 0) is 4.79 Å². The van der Waals surface area contributed by atoms with E-state index in [1.165, 1.54) is 36.7 Å². The second-order valence-corrected chi connectivity index (χ2v) is 9.95. The molecule has 2 heterocycles. The van der Waals surface area contributed by atoms with Gasteiger partial charge < -0.3 is 14.4 Å². The predicted molar refractivity (Wildman–Crippen MR) is 144 cm³/mol. The number of carbonyl (C=O) groups is 1. The summed E-state index contributed by atoms with van der Waals surface area (Å²) < 4.78 is 11.9. The molecule has 4 rings (SSSR count). The van der Waals surface area contributed by atoms with Gasteiger partial charge in [-0.1, -0.05) is 0 Å². The van der Waals surface area contributed by atoms with Crippen LogP contribution in [0.25, 0.3) is 6.08 Å². The van der Waals surface area contributed by atoms with Crippen molar-refractivity contribution < 1.29 is 14.3 Å². The van der Waals surface area contributed by atoms with E-state index in [4.69, 9.17) is 14.5 Å². The van der Waals surface area contributed by atoms with Crippen molar-refractivity contribution in [2.75, 3.05) is 38.3 Å². The number of amidine groups is 1. The van der Waals surface area contributed by atoms with Gasteiger partial charge in [0.2, 0.25) is 0 Å². The number of aliphatic imine (C=N–C) groups is 1. The zero-order valence-corrected chi connectivity index (χ0v) is 22.2. The lowest BCUT2D eigenvalue weighted by Crippen LogP contribution is -2.29. The molecule has 0 atom stereocenters. The van der Waals surface area contributed by atoms with Crippen molar-refractivity contribution in [1.82, 2.24) is 4.90 Å². The Labute approximate surface area is 214 Å². The molecular formula is C26H30BrN3O3S. The molecule has 180 valence electrons. The molecule has 0 N–H and O–H groups in total. The van der Waals surface area contributed by atoms with Crippen LogP contribution in [0.3, 0.4) is 0 Å². The number of halogens is 1. The first-order valence-electron chi connectivity index (χ1n) is 11.7. The van der Waals surface area contributed by atoms with Crippen LogP contribution in [0.15, 0.2) is 50.8 Å². The summed E-state index contributed by atoms with van der Waals surface area (Å²) >= 11 is 4.94. The SMILES string of the molecule is CCOc1cc(/C=C2\SC(=Nc3ccc(N4CCCCC4)cc3)N(CC)C2=O)cc(Br)c1OC. The lowest BCUT2D eigenvalue weighted by Gasteiger charge is -2.28. The Hall–Kier alpha value is -2.45. The lowest BCUT2D eigenvalue weighted by molar-refractivity contribution is -0.122. The van der Waals surface area contributed by atoms with Crippen molar-refractivity contribution in [3.63, 3.8) is 0 Å². The van der Waals surface area contributed by atoms with E-state index in [0.29, 0.717) is 34.7 Å². The van der Waals surface area contributed by atoms with Crippen LogP contribution in [-0.4, -0.2) is 49.3 Å². The zero-order chi connectivity index (χ0) is 24.1. The summed E-state index contributed by atoms with van der Waals surface area (Å²) in [6.07, 6.45) is 5.70. The molecule has 2 aromatic rings. The fourth-order valence-electron chi connectivity index (χ4n) is 4.15. The molecule has 0 aromatic heterocycles. The topological polar surface area (TPSA) is 54.4 Å². The number of likely N-dealkylation sites (N-methyl/N-ethyl adjacent to an activating group) is 1. The normalized spacial score (nSPS) is 18.8. The number of ether oxygens (including phenoxy) is 2. The summed E-state index contributed by atoms with van der Waals surface area (Å²) in [5, 5.41) is 0.696. The van der Waals surface area contributed by atoms with Gasteiger partial charge in [-0.2, -0.15) is 0 Å². The highest BCUT2D eigenvalue weighted by Crippen LogP contribution is 2.39. The van der Waals surface area contributed by atoms with E-state index in [-0.39, 0.29) is 5.91 Å². The molecule has 0 bridgehead atoms. The minimum atomic E-state index is -0.0407. The van der Waals surface area contributed by atoms with Crippen LogP contribution in [0, 0.1) is 0 Å². The largest absolute Gasteiger partial charge is 0.492 e. The van der Waals surface area contributed by atoms with Crippen molar-refractivity contribution in [1.29, 1.82) is 0 Å². The van der Waals surface area contributed by atoms with Gasteiger partial charge in [-0.25, -0.2) is 4.99 Å². The number of benzene rings is 2. The maximum Gasteiger partial charge on any atom is 0.266 e. The van der Waals surface area contributed by atoms with E-state index < -0.39 is 0 Å². The Kier molecular flexibility index (Phi) is 8.21. The monoisotopic (exact) mass is 543 g/mol. The maximum absolute atomic E-state index is 13.1. The number of amides is 1. The van der Waals surface area contributed by atoms with Crippen LogP contribution < -0.4 is 14.4 Å². The molecule has 1 amide bonds. The molecule has 0 saturated carbocycles. The molecule has 2 aliphatic heterocycles. The van der Waals surface area contributed by atoms with Crippen molar-refractivity contribution in [2.24, 2.45) is 4.99 Å². The zero-order valence-electron chi connectivity index (χ0n) is 19.8. The fourth-order valence-corrected chi connectivity index (χ4v) is 5.84. The minimum absolute atomic E-state index is 0.0407. The van der Waals surface area contributed by atoms with Crippen molar-refractivity contribution in [3.8, 4) is 11.5 Å². The summed E-state index contributed by atoms with van der Waals surface area (Å²) in [7, 11) is 1.61. The number of rotatable bonds is 7. The highest BCUT2D eigenvalue weighted by molar-refractivity contribution is 9.10. The van der Waals surface area contributed by atoms with Crippen LogP contribution in [0.1, 0.15) is 38.7 Å². The number of thioether (sulfide) groups is 1. The summed E-state index contributed by atoms with van der Waals surface area (Å²) in [6.45, 7) is 7.20. The van der Waals surface area contributed by atoms with Gasteiger partial charge >= 0.3 is 0 Å². The first kappa shape index (κ1) is 24.7. The van der Waals surface area contributed by atoms with Gasteiger partial charge in [0.25, 0.3) is 5.91 Å². The second-order valence-electron chi connectivity index (χ2n) is 8.09. The Morgan fingerprint density at radius 1 is 1.12 bits per heavy atom. The first-order chi connectivity index (χ1) is 16.5. The molecule has 2 aromatic carbocycles. The number of hydrogen-bond donors (Lipinski definition) is 0. The van der Waals surface area contributed by atoms with Gasteiger partial charge in [0, 0.05) is 25.3 Å². The molecule has 34 heavy (non-hydrogen) atoms. The minimum Gasteiger partial charge on any atom is -0.492 e. The number of methoxy groups -OCH3 is 1. The third-order valence-corrected chi connectivity index (χ3v) is 7.43. The summed E-state index contributed by atoms with van der Waals surface area (Å²) in [5.74, 6) is 1.23. The molecule has 0 spiro atoms. The number of anilines is 1. The molecule has 8 heteroatoms. The smallest absolute Gasteiger partial charge is 0.266 e.